The van der Waals surface area contributed by atoms with Crippen molar-refractivity contribution in [2.24, 2.45) is 5.92 Å². The van der Waals surface area contributed by atoms with Gasteiger partial charge in [0.1, 0.15) is 5.75 Å². The number of amides is 3. The Balaban J connectivity index is 1.22. The number of hydrogen-bond donors (Lipinski definition) is 2. The molecule has 0 aromatic heterocycles. The summed E-state index contributed by atoms with van der Waals surface area (Å²) in [6.07, 6.45) is 4.61. The van der Waals surface area contributed by atoms with Crippen molar-refractivity contribution in [3.8, 4) is 5.75 Å². The van der Waals surface area contributed by atoms with Gasteiger partial charge in [0.05, 0.1) is 32.0 Å². The molecule has 44 heavy (non-hydrogen) atoms. The van der Waals surface area contributed by atoms with E-state index in [0.717, 1.165) is 22.4 Å². The Labute approximate surface area is 257 Å². The normalized spacial score (nSPS) is 21.7. The minimum absolute atomic E-state index is 0.0716. The first-order chi connectivity index (χ1) is 21.2. The maximum Gasteiger partial charge on any atom is 0.264 e. The fourth-order valence-corrected chi connectivity index (χ4v) is 6.48. The van der Waals surface area contributed by atoms with Crippen molar-refractivity contribution in [1.29, 1.82) is 0 Å². The van der Waals surface area contributed by atoms with Gasteiger partial charge in [-0.05, 0) is 53.4 Å². The molecule has 3 atom stereocenters. The fourth-order valence-electron chi connectivity index (χ4n) is 6.48. The minimum atomic E-state index is -1.88. The number of benzene rings is 3. The lowest BCUT2D eigenvalue weighted by molar-refractivity contribution is -0.139. The van der Waals surface area contributed by atoms with Gasteiger partial charge in [0.2, 0.25) is 11.8 Å². The van der Waals surface area contributed by atoms with Crippen molar-refractivity contribution in [3.63, 3.8) is 0 Å². The zero-order valence-electron chi connectivity index (χ0n) is 25.0. The molecule has 9 nitrogen and oxygen atoms in total. The molecule has 0 aliphatic carbocycles. The van der Waals surface area contributed by atoms with Gasteiger partial charge in [-0.25, -0.2) is 0 Å². The molecule has 0 unspecified atom stereocenters. The van der Waals surface area contributed by atoms with Gasteiger partial charge in [0.25, 0.3) is 5.91 Å². The van der Waals surface area contributed by atoms with Crippen LogP contribution in [0.4, 0.5) is 11.4 Å². The maximum atomic E-state index is 14.0. The molecular weight excluding hydrogens is 558 g/mol. The minimum Gasteiger partial charge on any atom is -0.497 e. The third-order valence-electron chi connectivity index (χ3n) is 9.15. The lowest BCUT2D eigenvalue weighted by Gasteiger charge is -2.36. The van der Waals surface area contributed by atoms with Crippen LogP contribution in [0, 0.1) is 5.92 Å². The number of carbonyl (C=O) groups excluding carboxylic acids is 3. The summed E-state index contributed by atoms with van der Waals surface area (Å²) in [7, 11) is 1.53. The Morgan fingerprint density at radius 3 is 2.59 bits per heavy atom. The number of ether oxygens (including phenoxy) is 1. The van der Waals surface area contributed by atoms with Gasteiger partial charge in [-0.1, -0.05) is 55.5 Å². The van der Waals surface area contributed by atoms with Crippen LogP contribution in [0.25, 0.3) is 0 Å². The van der Waals surface area contributed by atoms with Crippen LogP contribution in [0.2, 0.25) is 0 Å². The van der Waals surface area contributed by atoms with E-state index in [9.17, 15) is 24.6 Å². The van der Waals surface area contributed by atoms with Crippen molar-refractivity contribution in [1.82, 2.24) is 4.90 Å². The number of anilines is 2. The van der Waals surface area contributed by atoms with Crippen LogP contribution >= 0.6 is 0 Å². The van der Waals surface area contributed by atoms with E-state index < -0.39 is 17.4 Å². The Morgan fingerprint density at radius 2 is 1.89 bits per heavy atom. The van der Waals surface area contributed by atoms with Crippen molar-refractivity contribution >= 4 is 29.1 Å². The van der Waals surface area contributed by atoms with E-state index in [0.29, 0.717) is 42.9 Å². The molecule has 3 amide bonds. The molecule has 1 fully saturated rings. The highest BCUT2D eigenvalue weighted by Gasteiger charge is 2.52. The summed E-state index contributed by atoms with van der Waals surface area (Å²) in [5.74, 6) is -0.678. The van der Waals surface area contributed by atoms with E-state index in [-0.39, 0.29) is 37.4 Å². The largest absolute Gasteiger partial charge is 0.497 e. The summed E-state index contributed by atoms with van der Waals surface area (Å²) in [4.78, 5) is 44.3. The van der Waals surface area contributed by atoms with Crippen LogP contribution in [0.1, 0.15) is 42.0 Å². The zero-order chi connectivity index (χ0) is 31.0. The summed E-state index contributed by atoms with van der Waals surface area (Å²) in [6, 6.07) is 20.4. The van der Waals surface area contributed by atoms with Crippen LogP contribution in [0.5, 0.6) is 5.75 Å². The van der Waals surface area contributed by atoms with E-state index in [2.05, 4.69) is 0 Å². The van der Waals surface area contributed by atoms with Gasteiger partial charge in [0.15, 0.2) is 5.60 Å². The van der Waals surface area contributed by atoms with Crippen molar-refractivity contribution in [3.05, 3.63) is 101 Å². The highest BCUT2D eigenvalue weighted by atomic mass is 16.5. The molecule has 6 rings (SSSR count). The first-order valence-electron chi connectivity index (χ1n) is 15.0. The van der Waals surface area contributed by atoms with Gasteiger partial charge in [-0.2, -0.15) is 0 Å². The molecule has 0 saturated carbocycles. The van der Waals surface area contributed by atoms with Gasteiger partial charge in [-0.3, -0.25) is 14.4 Å². The molecular formula is C35H37N3O6. The number of aliphatic hydroxyl groups is 2. The second-order valence-electron chi connectivity index (χ2n) is 11.8. The average molecular weight is 596 g/mol. The molecule has 3 aromatic rings. The number of hydrogen-bond acceptors (Lipinski definition) is 6. The first kappa shape index (κ1) is 29.6. The first-order valence-corrected chi connectivity index (χ1v) is 15.0. The average Bonchev–Trinajstić information content (AvgIpc) is 3.25. The number of fused-ring (bicyclic) bond motifs is 2. The molecule has 3 aliphatic heterocycles. The van der Waals surface area contributed by atoms with Crippen LogP contribution in [-0.4, -0.2) is 59.1 Å². The monoisotopic (exact) mass is 595 g/mol. The Morgan fingerprint density at radius 1 is 1.09 bits per heavy atom. The quantitative estimate of drug-likeness (QED) is 0.289. The lowest BCUT2D eigenvalue weighted by atomic mass is 9.82. The van der Waals surface area contributed by atoms with Gasteiger partial charge in [0, 0.05) is 43.1 Å². The summed E-state index contributed by atoms with van der Waals surface area (Å²) in [5, 5.41) is 22.1. The third kappa shape index (κ3) is 5.16. The number of nitrogens with zero attached hydrogens (tertiary/aromatic N) is 3. The number of carbonyl (C=O) groups is 3. The maximum absolute atomic E-state index is 14.0. The molecule has 0 spiro atoms. The van der Waals surface area contributed by atoms with Gasteiger partial charge in [-0.15, -0.1) is 0 Å². The molecule has 3 aromatic carbocycles. The van der Waals surface area contributed by atoms with E-state index in [4.69, 9.17) is 4.74 Å². The second-order valence-corrected chi connectivity index (χ2v) is 11.8. The summed E-state index contributed by atoms with van der Waals surface area (Å²) < 4.78 is 5.43. The van der Waals surface area contributed by atoms with Crippen molar-refractivity contribution < 1.29 is 29.3 Å². The third-order valence-corrected chi connectivity index (χ3v) is 9.15. The van der Waals surface area contributed by atoms with Crippen LogP contribution in [0.3, 0.4) is 0 Å². The van der Waals surface area contributed by atoms with E-state index in [1.807, 2.05) is 48.5 Å². The fraction of sp³-hybridized carbons (Fsp3) is 0.343. The topological polar surface area (TPSA) is 111 Å². The zero-order valence-corrected chi connectivity index (χ0v) is 25.0. The number of β-lactam (4-membered cyclic amide) rings is 1. The second kappa shape index (κ2) is 11.9. The molecule has 0 radical (unpaired) electrons. The van der Waals surface area contributed by atoms with Crippen molar-refractivity contribution in [2.75, 3.05) is 30.1 Å². The number of methoxy groups -OCH3 is 1. The summed E-state index contributed by atoms with van der Waals surface area (Å²) in [6.45, 7) is 2.95. The Hall–Kier alpha value is -4.47. The van der Waals surface area contributed by atoms with Crippen LogP contribution in [0.15, 0.2) is 78.9 Å². The molecule has 2 N–H and O–H groups in total. The highest BCUT2D eigenvalue weighted by Crippen LogP contribution is 2.47. The van der Waals surface area contributed by atoms with E-state index >= 15 is 0 Å². The molecule has 1 saturated heterocycles. The standard InChI is InChI=1S/C35H37N3O6/c1-23(7-5-12-32(40)37-21-26-10-4-3-9-25(26)18-28(37)22-39)35(43)30-19-29(44-2)13-14-31(30)38(34(35)42)20-24-8-6-11-27(17-24)36-16-15-33(36)41/h3-11,13-14,17,19,23,28,39,43H,12,15-16,18,20-22H2,1-2H3/b7-5+/t23-,28-,35+/m0/s1. The Kier molecular flexibility index (Phi) is 8.00. The molecule has 0 bridgehead atoms. The summed E-state index contributed by atoms with van der Waals surface area (Å²) >= 11 is 0. The van der Waals surface area contributed by atoms with Crippen LogP contribution < -0.4 is 14.5 Å². The van der Waals surface area contributed by atoms with E-state index in [1.165, 1.54) is 7.11 Å². The number of aliphatic hydroxyl groups excluding tert-OH is 1. The summed E-state index contributed by atoms with van der Waals surface area (Å²) in [5.41, 5.74) is 2.97. The van der Waals surface area contributed by atoms with Gasteiger partial charge >= 0.3 is 0 Å². The van der Waals surface area contributed by atoms with Gasteiger partial charge < -0.3 is 29.6 Å². The molecule has 3 aliphatic rings. The highest BCUT2D eigenvalue weighted by molar-refractivity contribution is 6.07. The van der Waals surface area contributed by atoms with Crippen molar-refractivity contribution in [2.45, 2.75) is 50.9 Å². The lowest BCUT2D eigenvalue weighted by Crippen LogP contribution is -2.46. The Bertz CT molecular complexity index is 1640. The predicted molar refractivity (Wildman–Crippen MR) is 166 cm³/mol. The van der Waals surface area contributed by atoms with Crippen LogP contribution in [-0.2, 0) is 39.5 Å². The van der Waals surface area contributed by atoms with E-state index in [1.54, 1.807) is 52.0 Å². The SMILES string of the molecule is COc1ccc2c(c1)[C@](O)([C@@H](C)/C=C/CC(=O)N1Cc3ccccc3C[C@H]1CO)C(=O)N2Cc1cccc(N2CCC2=O)c1. The molecule has 3 heterocycles. The molecule has 228 valence electrons. The number of rotatable bonds is 9. The molecule has 9 heteroatoms. The smallest absolute Gasteiger partial charge is 0.264 e. The predicted octanol–water partition coefficient (Wildman–Crippen LogP) is 3.69.